The summed E-state index contributed by atoms with van der Waals surface area (Å²) >= 11 is 1.34. The Labute approximate surface area is 210 Å². The summed E-state index contributed by atoms with van der Waals surface area (Å²) in [4.78, 5) is 29.5. The molecule has 0 bridgehead atoms. The molecule has 0 spiro atoms. The first-order chi connectivity index (χ1) is 16.9. The summed E-state index contributed by atoms with van der Waals surface area (Å²) in [6, 6.07) is 15.3. The summed E-state index contributed by atoms with van der Waals surface area (Å²) < 4.78 is 5.48. The van der Waals surface area contributed by atoms with E-state index in [9.17, 15) is 9.59 Å². The molecule has 0 saturated heterocycles. The molecule has 9 heteroatoms. The quantitative estimate of drug-likeness (QED) is 0.555. The fourth-order valence-corrected chi connectivity index (χ4v) is 4.79. The summed E-state index contributed by atoms with van der Waals surface area (Å²) in [5.41, 5.74) is 5.65. The van der Waals surface area contributed by atoms with Gasteiger partial charge >= 0.3 is 0 Å². The third kappa shape index (κ3) is 5.45. The van der Waals surface area contributed by atoms with Crippen molar-refractivity contribution in [2.24, 2.45) is 5.10 Å². The van der Waals surface area contributed by atoms with Crippen LogP contribution < -0.4 is 20.4 Å². The molecule has 2 aliphatic rings. The van der Waals surface area contributed by atoms with Gasteiger partial charge in [-0.1, -0.05) is 44.7 Å². The van der Waals surface area contributed by atoms with Crippen LogP contribution in [0.15, 0.2) is 66.0 Å². The molecule has 0 aromatic heterocycles. The SMILES string of the molecule is CCOc1ccc(N2C=CN3C(SC(CC)C(=O)Nc4ccc(C(C)C)cc4)=NNC3C2=O)cc1. The Bertz CT molecular complexity index is 1110. The third-order valence-electron chi connectivity index (χ3n) is 5.81. The van der Waals surface area contributed by atoms with Gasteiger partial charge in [0.05, 0.1) is 11.9 Å². The first kappa shape index (κ1) is 24.7. The number of benzene rings is 2. The summed E-state index contributed by atoms with van der Waals surface area (Å²) in [6.07, 6.45) is 3.49. The first-order valence-electron chi connectivity index (χ1n) is 11.8. The first-order valence-corrected chi connectivity index (χ1v) is 12.7. The van der Waals surface area contributed by atoms with Gasteiger partial charge < -0.3 is 10.1 Å². The molecule has 0 radical (unpaired) electrons. The van der Waals surface area contributed by atoms with E-state index in [1.165, 1.54) is 17.3 Å². The minimum Gasteiger partial charge on any atom is -0.494 e. The van der Waals surface area contributed by atoms with Gasteiger partial charge in [-0.25, -0.2) is 0 Å². The second-order valence-corrected chi connectivity index (χ2v) is 9.72. The van der Waals surface area contributed by atoms with E-state index in [0.29, 0.717) is 24.1 Å². The molecule has 2 unspecified atom stereocenters. The van der Waals surface area contributed by atoms with Crippen LogP contribution >= 0.6 is 11.8 Å². The van der Waals surface area contributed by atoms with Crippen molar-refractivity contribution in [3.8, 4) is 5.75 Å². The lowest BCUT2D eigenvalue weighted by atomic mass is 10.0. The molecular weight excluding hydrogens is 462 g/mol. The molecule has 2 aromatic rings. The van der Waals surface area contributed by atoms with E-state index >= 15 is 0 Å². The number of rotatable bonds is 8. The Morgan fingerprint density at radius 1 is 1.11 bits per heavy atom. The number of hydrogen-bond acceptors (Lipinski definition) is 7. The van der Waals surface area contributed by atoms with E-state index in [1.54, 1.807) is 16.0 Å². The number of amidine groups is 1. The second-order valence-electron chi connectivity index (χ2n) is 8.55. The van der Waals surface area contributed by atoms with E-state index in [-0.39, 0.29) is 17.1 Å². The molecule has 8 nitrogen and oxygen atoms in total. The highest BCUT2D eigenvalue weighted by Gasteiger charge is 2.39. The van der Waals surface area contributed by atoms with Crippen molar-refractivity contribution in [2.45, 2.75) is 51.4 Å². The molecule has 184 valence electrons. The zero-order valence-electron chi connectivity index (χ0n) is 20.4. The molecule has 2 atom stereocenters. The van der Waals surface area contributed by atoms with Gasteiger partial charge in [0, 0.05) is 23.8 Å². The summed E-state index contributed by atoms with van der Waals surface area (Å²) in [5, 5.41) is 7.59. The lowest BCUT2D eigenvalue weighted by molar-refractivity contribution is -0.122. The van der Waals surface area contributed by atoms with Crippen LogP contribution in [0.4, 0.5) is 11.4 Å². The predicted octanol–water partition coefficient (Wildman–Crippen LogP) is 4.68. The zero-order valence-corrected chi connectivity index (χ0v) is 21.2. The molecule has 0 saturated carbocycles. The van der Waals surface area contributed by atoms with Crippen LogP contribution in [0.2, 0.25) is 0 Å². The monoisotopic (exact) mass is 493 g/mol. The Hall–Kier alpha value is -3.46. The van der Waals surface area contributed by atoms with E-state index in [4.69, 9.17) is 4.74 Å². The molecule has 2 amide bonds. The van der Waals surface area contributed by atoms with Crippen molar-refractivity contribution < 1.29 is 14.3 Å². The van der Waals surface area contributed by atoms with Crippen LogP contribution in [0.5, 0.6) is 5.75 Å². The van der Waals surface area contributed by atoms with E-state index < -0.39 is 6.17 Å². The molecule has 2 aliphatic heterocycles. The number of hydrogen-bond donors (Lipinski definition) is 2. The smallest absolute Gasteiger partial charge is 0.276 e. The molecular formula is C26H31N5O3S. The number of anilines is 2. The Balaban J connectivity index is 1.40. The predicted molar refractivity (Wildman–Crippen MR) is 141 cm³/mol. The number of ether oxygens (including phenoxy) is 1. The average molecular weight is 494 g/mol. The topological polar surface area (TPSA) is 86.3 Å². The van der Waals surface area contributed by atoms with Crippen LogP contribution in [0.3, 0.4) is 0 Å². The fraction of sp³-hybridized carbons (Fsp3) is 0.346. The van der Waals surface area contributed by atoms with Crippen molar-refractivity contribution in [1.82, 2.24) is 10.3 Å². The van der Waals surface area contributed by atoms with Gasteiger partial charge in [-0.2, -0.15) is 5.10 Å². The highest BCUT2D eigenvalue weighted by Crippen LogP contribution is 2.30. The van der Waals surface area contributed by atoms with E-state index in [2.05, 4.69) is 29.7 Å². The summed E-state index contributed by atoms with van der Waals surface area (Å²) in [5.74, 6) is 0.945. The maximum Gasteiger partial charge on any atom is 0.276 e. The zero-order chi connectivity index (χ0) is 24.9. The largest absolute Gasteiger partial charge is 0.494 e. The maximum atomic E-state index is 13.1. The van der Waals surface area contributed by atoms with Gasteiger partial charge in [0.1, 0.15) is 5.75 Å². The van der Waals surface area contributed by atoms with Crippen molar-refractivity contribution >= 4 is 40.1 Å². The molecule has 35 heavy (non-hydrogen) atoms. The standard InChI is InChI=1S/C26H31N5O3S/c1-5-22(24(32)27-19-9-7-18(8-10-19)17(3)4)35-26-29-28-23-25(33)30(15-16-31(23)26)20-11-13-21(14-12-20)34-6-2/h7-17,22-23,28H,5-6H2,1-4H3,(H,27,32). The molecule has 0 fully saturated rings. The lowest BCUT2D eigenvalue weighted by Crippen LogP contribution is -2.52. The molecule has 2 heterocycles. The van der Waals surface area contributed by atoms with Gasteiger partial charge in [-0.3, -0.25) is 24.8 Å². The van der Waals surface area contributed by atoms with Crippen LogP contribution in [-0.4, -0.2) is 39.9 Å². The van der Waals surface area contributed by atoms with Crippen LogP contribution in [-0.2, 0) is 9.59 Å². The van der Waals surface area contributed by atoms with E-state index in [1.807, 2.05) is 68.6 Å². The van der Waals surface area contributed by atoms with Gasteiger partial charge in [-0.15, -0.1) is 0 Å². The minimum atomic E-state index is -0.654. The Morgan fingerprint density at radius 2 is 1.83 bits per heavy atom. The minimum absolute atomic E-state index is 0.0933. The van der Waals surface area contributed by atoms with Crippen molar-refractivity contribution in [3.05, 3.63) is 66.5 Å². The Morgan fingerprint density at radius 3 is 2.46 bits per heavy atom. The molecule has 4 rings (SSSR count). The van der Waals surface area contributed by atoms with Gasteiger partial charge in [-0.05, 0) is 61.2 Å². The van der Waals surface area contributed by atoms with Crippen LogP contribution in [0.25, 0.3) is 0 Å². The normalized spacial score (nSPS) is 17.7. The number of hydrazone groups is 1. The van der Waals surface area contributed by atoms with Gasteiger partial charge in [0.25, 0.3) is 5.91 Å². The van der Waals surface area contributed by atoms with Gasteiger partial charge in [0.2, 0.25) is 12.1 Å². The number of carbonyl (C=O) groups excluding carboxylic acids is 2. The molecule has 0 aliphatic carbocycles. The fourth-order valence-electron chi connectivity index (χ4n) is 3.81. The summed E-state index contributed by atoms with van der Waals surface area (Å²) in [7, 11) is 0. The average Bonchev–Trinajstić information content (AvgIpc) is 3.27. The number of fused-ring (bicyclic) bond motifs is 1. The highest BCUT2D eigenvalue weighted by molar-refractivity contribution is 8.14. The summed E-state index contributed by atoms with van der Waals surface area (Å²) in [6.45, 7) is 8.75. The van der Waals surface area contributed by atoms with Crippen LogP contribution in [0, 0.1) is 0 Å². The highest BCUT2D eigenvalue weighted by atomic mass is 32.2. The Kier molecular flexibility index (Phi) is 7.65. The number of nitrogens with one attached hydrogen (secondary N) is 2. The van der Waals surface area contributed by atoms with Crippen molar-refractivity contribution in [1.29, 1.82) is 0 Å². The number of amides is 2. The van der Waals surface area contributed by atoms with Crippen molar-refractivity contribution in [3.63, 3.8) is 0 Å². The third-order valence-corrected chi connectivity index (χ3v) is 7.16. The molecule has 2 N–H and O–H groups in total. The molecule has 2 aromatic carbocycles. The van der Waals surface area contributed by atoms with Crippen molar-refractivity contribution in [2.75, 3.05) is 16.8 Å². The lowest BCUT2D eigenvalue weighted by Gasteiger charge is -2.32. The second kappa shape index (κ2) is 10.9. The van der Waals surface area contributed by atoms with Gasteiger partial charge in [0.15, 0.2) is 5.17 Å². The number of nitrogens with zero attached hydrogens (tertiary/aromatic N) is 3. The maximum absolute atomic E-state index is 13.1. The van der Waals surface area contributed by atoms with E-state index in [0.717, 1.165) is 17.1 Å². The number of carbonyl (C=O) groups is 2. The number of thioether (sulfide) groups is 1. The van der Waals surface area contributed by atoms with Crippen LogP contribution in [0.1, 0.15) is 45.6 Å².